The Labute approximate surface area is 147 Å². The predicted molar refractivity (Wildman–Crippen MR) is 99.9 cm³/mol. The van der Waals surface area contributed by atoms with Gasteiger partial charge in [-0.2, -0.15) is 5.10 Å². The molecule has 130 valence electrons. The number of hydrogen-bond acceptors (Lipinski definition) is 3. The number of nitrogens with zero attached hydrogens (tertiary/aromatic N) is 2. The van der Waals surface area contributed by atoms with E-state index < -0.39 is 0 Å². The highest BCUT2D eigenvalue weighted by atomic mass is 16.1. The third kappa shape index (κ3) is 3.24. The topological polar surface area (TPSA) is 64.8 Å². The van der Waals surface area contributed by atoms with Gasteiger partial charge in [0.1, 0.15) is 0 Å². The summed E-state index contributed by atoms with van der Waals surface area (Å²) in [5.74, 6) is 0.493. The van der Waals surface area contributed by atoms with Gasteiger partial charge in [-0.1, -0.05) is 6.07 Å². The van der Waals surface area contributed by atoms with E-state index in [1.54, 1.807) is 6.07 Å². The molecule has 25 heavy (non-hydrogen) atoms. The Balaban J connectivity index is 1.59. The molecule has 0 spiro atoms. The maximum absolute atomic E-state index is 12.5. The highest BCUT2D eigenvalue weighted by Gasteiger charge is 2.22. The quantitative estimate of drug-likeness (QED) is 0.772. The van der Waals surface area contributed by atoms with Crippen LogP contribution in [-0.2, 0) is 6.54 Å². The van der Waals surface area contributed by atoms with Crippen LogP contribution < -0.4 is 5.43 Å². The largest absolute Gasteiger partial charge is 0.357 e. The number of benzene rings is 1. The van der Waals surface area contributed by atoms with E-state index >= 15 is 0 Å². The molecule has 1 aliphatic heterocycles. The molecule has 1 aliphatic rings. The first-order chi connectivity index (χ1) is 12.1. The van der Waals surface area contributed by atoms with Crippen LogP contribution in [0.4, 0.5) is 0 Å². The Morgan fingerprint density at radius 3 is 2.96 bits per heavy atom. The van der Waals surface area contributed by atoms with Crippen molar-refractivity contribution in [1.82, 2.24) is 20.1 Å². The van der Waals surface area contributed by atoms with Crippen LogP contribution in [0, 0.1) is 13.8 Å². The van der Waals surface area contributed by atoms with E-state index in [1.165, 1.54) is 18.5 Å². The summed E-state index contributed by atoms with van der Waals surface area (Å²) in [5, 5.41) is 7.97. The van der Waals surface area contributed by atoms with E-state index in [4.69, 9.17) is 0 Å². The molecule has 1 atom stereocenters. The molecule has 0 amide bonds. The molecule has 0 aliphatic carbocycles. The standard InChI is InChI=1S/C20H24N4O/c1-13-8-14(2)20-17(9-13)19(25)10-16(22-20)12-24-7-3-4-15(11-24)18-5-6-21-23-18/h5-6,8-10,15H,3-4,7,11-12H2,1-2H3,(H,21,23)(H,22,25)/t15-/m1/s1. The molecule has 1 fully saturated rings. The number of aromatic nitrogens is 3. The van der Waals surface area contributed by atoms with Crippen LogP contribution in [0.1, 0.15) is 41.3 Å². The molecule has 4 rings (SSSR count). The van der Waals surface area contributed by atoms with Gasteiger partial charge in [0, 0.05) is 48.0 Å². The molecule has 1 saturated heterocycles. The van der Waals surface area contributed by atoms with Crippen LogP contribution >= 0.6 is 0 Å². The summed E-state index contributed by atoms with van der Waals surface area (Å²) < 4.78 is 0. The number of pyridine rings is 1. The van der Waals surface area contributed by atoms with Gasteiger partial charge in [0.25, 0.3) is 0 Å². The van der Waals surface area contributed by atoms with E-state index in [0.29, 0.717) is 5.92 Å². The van der Waals surface area contributed by atoms with Gasteiger partial charge in [0.05, 0.1) is 5.52 Å². The van der Waals surface area contributed by atoms with Crippen molar-refractivity contribution in [2.24, 2.45) is 0 Å². The third-order valence-corrected chi connectivity index (χ3v) is 5.20. The van der Waals surface area contributed by atoms with Gasteiger partial charge < -0.3 is 4.98 Å². The zero-order valence-corrected chi connectivity index (χ0v) is 14.8. The average Bonchev–Trinajstić information content (AvgIpc) is 3.11. The minimum Gasteiger partial charge on any atom is -0.357 e. The van der Waals surface area contributed by atoms with Crippen molar-refractivity contribution in [3.8, 4) is 0 Å². The molecule has 3 heterocycles. The molecule has 0 unspecified atom stereocenters. The summed E-state index contributed by atoms with van der Waals surface area (Å²) in [5.41, 5.74) is 5.54. The lowest BCUT2D eigenvalue weighted by Gasteiger charge is -2.32. The van der Waals surface area contributed by atoms with Crippen LogP contribution in [0.2, 0.25) is 0 Å². The van der Waals surface area contributed by atoms with Crippen molar-refractivity contribution in [3.05, 3.63) is 63.2 Å². The van der Waals surface area contributed by atoms with Crippen LogP contribution in [0.5, 0.6) is 0 Å². The number of hydrogen-bond donors (Lipinski definition) is 2. The molecule has 2 N–H and O–H groups in total. The van der Waals surface area contributed by atoms with Crippen molar-refractivity contribution >= 4 is 10.9 Å². The molecular weight excluding hydrogens is 312 g/mol. The number of aryl methyl sites for hydroxylation is 2. The second kappa shape index (κ2) is 6.48. The Bertz CT molecular complexity index is 942. The fraction of sp³-hybridized carbons (Fsp3) is 0.400. The van der Waals surface area contributed by atoms with Crippen LogP contribution in [0.3, 0.4) is 0 Å². The second-order valence-corrected chi connectivity index (χ2v) is 7.25. The van der Waals surface area contributed by atoms with Crippen molar-refractivity contribution in [3.63, 3.8) is 0 Å². The molecule has 2 aromatic heterocycles. The first kappa shape index (κ1) is 16.1. The van der Waals surface area contributed by atoms with Gasteiger partial charge in [-0.3, -0.25) is 14.8 Å². The van der Waals surface area contributed by atoms with Crippen LogP contribution in [-0.4, -0.2) is 33.2 Å². The summed E-state index contributed by atoms with van der Waals surface area (Å²) in [6.45, 7) is 6.93. The van der Waals surface area contributed by atoms with E-state index in [0.717, 1.165) is 47.4 Å². The number of likely N-dealkylation sites (tertiary alicyclic amines) is 1. The van der Waals surface area contributed by atoms with Crippen LogP contribution in [0.25, 0.3) is 10.9 Å². The lowest BCUT2D eigenvalue weighted by Crippen LogP contribution is -2.34. The van der Waals surface area contributed by atoms with Crippen molar-refractivity contribution in [2.45, 2.75) is 39.2 Å². The molecule has 0 saturated carbocycles. The maximum Gasteiger partial charge on any atom is 0.189 e. The van der Waals surface area contributed by atoms with Gasteiger partial charge in [0.2, 0.25) is 0 Å². The lowest BCUT2D eigenvalue weighted by atomic mass is 9.95. The zero-order valence-electron chi connectivity index (χ0n) is 14.8. The van der Waals surface area contributed by atoms with Crippen LogP contribution in [0.15, 0.2) is 35.3 Å². The van der Waals surface area contributed by atoms with E-state index in [-0.39, 0.29) is 5.43 Å². The Hall–Kier alpha value is -2.40. The lowest BCUT2D eigenvalue weighted by molar-refractivity contribution is 0.196. The van der Waals surface area contributed by atoms with E-state index in [2.05, 4.69) is 39.1 Å². The van der Waals surface area contributed by atoms with E-state index in [1.807, 2.05) is 19.2 Å². The van der Waals surface area contributed by atoms with Crippen molar-refractivity contribution in [1.29, 1.82) is 0 Å². The number of nitrogens with one attached hydrogen (secondary N) is 2. The number of H-pyrrole nitrogens is 2. The fourth-order valence-electron chi connectivity index (χ4n) is 4.03. The Morgan fingerprint density at radius 1 is 1.28 bits per heavy atom. The predicted octanol–water partition coefficient (Wildman–Crippen LogP) is 3.25. The monoisotopic (exact) mass is 336 g/mol. The maximum atomic E-state index is 12.5. The SMILES string of the molecule is Cc1cc(C)c2[nH]c(CN3CCC[C@@H](c4ccn[nH]4)C3)cc(=O)c2c1. The smallest absolute Gasteiger partial charge is 0.189 e. The Kier molecular flexibility index (Phi) is 4.17. The van der Waals surface area contributed by atoms with Crippen molar-refractivity contribution in [2.75, 3.05) is 13.1 Å². The first-order valence-electron chi connectivity index (χ1n) is 8.95. The number of fused-ring (bicyclic) bond motifs is 1. The number of aromatic amines is 2. The summed E-state index contributed by atoms with van der Waals surface area (Å²) in [6, 6.07) is 7.93. The molecule has 0 bridgehead atoms. The third-order valence-electron chi connectivity index (χ3n) is 5.20. The minimum absolute atomic E-state index is 0.109. The number of piperidine rings is 1. The Morgan fingerprint density at radius 2 is 2.16 bits per heavy atom. The highest BCUT2D eigenvalue weighted by molar-refractivity contribution is 5.82. The summed E-state index contributed by atoms with van der Waals surface area (Å²) in [4.78, 5) is 18.5. The van der Waals surface area contributed by atoms with Gasteiger partial charge in [0.15, 0.2) is 5.43 Å². The van der Waals surface area contributed by atoms with Gasteiger partial charge in [-0.15, -0.1) is 0 Å². The normalized spacial score (nSPS) is 18.7. The molecule has 5 heteroatoms. The van der Waals surface area contributed by atoms with Gasteiger partial charge in [-0.25, -0.2) is 0 Å². The second-order valence-electron chi connectivity index (χ2n) is 7.25. The molecule has 1 aromatic carbocycles. The summed E-state index contributed by atoms with van der Waals surface area (Å²) >= 11 is 0. The summed E-state index contributed by atoms with van der Waals surface area (Å²) in [6.07, 6.45) is 4.17. The minimum atomic E-state index is 0.109. The fourth-order valence-corrected chi connectivity index (χ4v) is 4.03. The van der Waals surface area contributed by atoms with E-state index in [9.17, 15) is 4.79 Å². The first-order valence-corrected chi connectivity index (χ1v) is 8.95. The van der Waals surface area contributed by atoms with Crippen molar-refractivity contribution < 1.29 is 0 Å². The molecular formula is C20H24N4O. The highest BCUT2D eigenvalue weighted by Crippen LogP contribution is 2.26. The average molecular weight is 336 g/mol. The zero-order chi connectivity index (χ0) is 17.4. The molecule has 5 nitrogen and oxygen atoms in total. The molecule has 3 aromatic rings. The van der Waals surface area contributed by atoms with Gasteiger partial charge >= 0.3 is 0 Å². The summed E-state index contributed by atoms with van der Waals surface area (Å²) in [7, 11) is 0. The molecule has 0 radical (unpaired) electrons. The number of rotatable bonds is 3. The van der Waals surface area contributed by atoms with Gasteiger partial charge in [-0.05, 0) is 56.5 Å².